The van der Waals surface area contributed by atoms with Gasteiger partial charge in [-0.15, -0.1) is 10.2 Å². The highest BCUT2D eigenvalue weighted by Crippen LogP contribution is 2.43. The first-order chi connectivity index (χ1) is 8.69. The van der Waals surface area contributed by atoms with E-state index >= 15 is 0 Å². The highest BCUT2D eigenvalue weighted by Gasteiger charge is 2.33. The molecule has 0 N–H and O–H groups in total. The van der Waals surface area contributed by atoms with Crippen LogP contribution in [0.25, 0.3) is 0 Å². The van der Waals surface area contributed by atoms with E-state index in [1.165, 1.54) is 31.5 Å². The van der Waals surface area contributed by atoms with Crippen LogP contribution in [0.2, 0.25) is 0 Å². The van der Waals surface area contributed by atoms with Crippen molar-refractivity contribution in [2.24, 2.45) is 11.3 Å². The number of nitrogens with zero attached hydrogens (tertiary/aromatic N) is 3. The van der Waals surface area contributed by atoms with Crippen LogP contribution in [-0.2, 0) is 5.54 Å². The molecule has 1 saturated carbocycles. The van der Waals surface area contributed by atoms with Gasteiger partial charge in [0, 0.05) is 11.5 Å². The van der Waals surface area contributed by atoms with E-state index in [2.05, 4.69) is 56.3 Å². The molecule has 0 aliphatic heterocycles. The van der Waals surface area contributed by atoms with Crippen LogP contribution in [0.4, 0.5) is 0 Å². The van der Waals surface area contributed by atoms with E-state index < -0.39 is 0 Å². The number of hydrogen-bond acceptors (Lipinski definition) is 2. The van der Waals surface area contributed by atoms with E-state index in [-0.39, 0.29) is 5.54 Å². The first kappa shape index (κ1) is 14.5. The lowest BCUT2D eigenvalue weighted by Crippen LogP contribution is -2.29. The van der Waals surface area contributed by atoms with Crippen LogP contribution in [0.1, 0.15) is 79.0 Å². The standard InChI is InChI=1S/C16H29N3/c1-15(2,3)13-9-7-12(8-10-13)14-18-17-11-19(14)16(4,5)6/h11-13H,7-10H2,1-6H3. The van der Waals surface area contributed by atoms with Crippen molar-refractivity contribution in [2.45, 2.75) is 78.7 Å². The molecule has 0 atom stereocenters. The first-order valence-corrected chi connectivity index (χ1v) is 7.60. The van der Waals surface area contributed by atoms with Gasteiger partial charge in [-0.25, -0.2) is 0 Å². The summed E-state index contributed by atoms with van der Waals surface area (Å²) in [6.07, 6.45) is 7.06. The van der Waals surface area contributed by atoms with Crippen molar-refractivity contribution in [2.75, 3.05) is 0 Å². The predicted octanol–water partition coefficient (Wildman–Crippen LogP) is 4.35. The third-order valence-electron chi connectivity index (χ3n) is 4.61. The van der Waals surface area contributed by atoms with Crippen molar-refractivity contribution in [3.05, 3.63) is 12.2 Å². The fourth-order valence-electron chi connectivity index (χ4n) is 3.26. The quantitative estimate of drug-likeness (QED) is 0.754. The SMILES string of the molecule is CC(C)(C)C1CCC(c2nncn2C(C)(C)C)CC1. The van der Waals surface area contributed by atoms with Gasteiger partial charge < -0.3 is 4.57 Å². The van der Waals surface area contributed by atoms with Gasteiger partial charge in [0.2, 0.25) is 0 Å². The highest BCUT2D eigenvalue weighted by molar-refractivity contribution is 5.02. The number of hydrogen-bond donors (Lipinski definition) is 0. The minimum Gasteiger partial charge on any atom is -0.312 e. The Bertz CT molecular complexity index is 412. The molecule has 1 aromatic heterocycles. The summed E-state index contributed by atoms with van der Waals surface area (Å²) in [5.74, 6) is 2.65. The van der Waals surface area contributed by atoms with Crippen LogP contribution < -0.4 is 0 Å². The lowest BCUT2D eigenvalue weighted by molar-refractivity contribution is 0.164. The molecule has 0 amide bonds. The van der Waals surface area contributed by atoms with Gasteiger partial charge in [-0.1, -0.05) is 20.8 Å². The molecule has 19 heavy (non-hydrogen) atoms. The third kappa shape index (κ3) is 3.18. The van der Waals surface area contributed by atoms with E-state index in [9.17, 15) is 0 Å². The molecule has 0 aromatic carbocycles. The molecule has 1 aromatic rings. The van der Waals surface area contributed by atoms with Gasteiger partial charge in [0.15, 0.2) is 0 Å². The van der Waals surface area contributed by atoms with E-state index in [0.29, 0.717) is 11.3 Å². The van der Waals surface area contributed by atoms with Crippen molar-refractivity contribution < 1.29 is 0 Å². The van der Waals surface area contributed by atoms with Gasteiger partial charge >= 0.3 is 0 Å². The Balaban J connectivity index is 2.09. The number of aromatic nitrogens is 3. The van der Waals surface area contributed by atoms with Gasteiger partial charge in [-0.05, 0) is 57.8 Å². The molecule has 0 radical (unpaired) electrons. The molecule has 2 rings (SSSR count). The van der Waals surface area contributed by atoms with Crippen molar-refractivity contribution in [3.63, 3.8) is 0 Å². The zero-order chi connectivity index (χ0) is 14.3. The van der Waals surface area contributed by atoms with Crippen LogP contribution in [0.15, 0.2) is 6.33 Å². The molecule has 1 aliphatic carbocycles. The summed E-state index contributed by atoms with van der Waals surface area (Å²) in [7, 11) is 0. The second-order valence-electron chi connectivity index (χ2n) is 8.14. The average molecular weight is 263 g/mol. The van der Waals surface area contributed by atoms with Crippen molar-refractivity contribution in [3.8, 4) is 0 Å². The molecule has 1 aliphatic rings. The van der Waals surface area contributed by atoms with Gasteiger partial charge in [0.25, 0.3) is 0 Å². The average Bonchev–Trinajstić information content (AvgIpc) is 2.76. The van der Waals surface area contributed by atoms with Crippen LogP contribution in [0.3, 0.4) is 0 Å². The Labute approximate surface area is 117 Å². The molecule has 1 heterocycles. The van der Waals surface area contributed by atoms with E-state index in [0.717, 1.165) is 5.92 Å². The Hall–Kier alpha value is -0.860. The topological polar surface area (TPSA) is 30.7 Å². The lowest BCUT2D eigenvalue weighted by Gasteiger charge is -2.37. The summed E-state index contributed by atoms with van der Waals surface area (Å²) in [6, 6.07) is 0. The first-order valence-electron chi connectivity index (χ1n) is 7.60. The van der Waals surface area contributed by atoms with E-state index in [1.807, 2.05) is 6.33 Å². The van der Waals surface area contributed by atoms with Crippen LogP contribution in [0, 0.1) is 11.3 Å². The zero-order valence-corrected chi connectivity index (χ0v) is 13.4. The summed E-state index contributed by atoms with van der Waals surface area (Å²) < 4.78 is 2.26. The fraction of sp³-hybridized carbons (Fsp3) is 0.875. The van der Waals surface area contributed by atoms with Crippen molar-refractivity contribution in [1.29, 1.82) is 0 Å². The zero-order valence-electron chi connectivity index (χ0n) is 13.4. The molecule has 0 saturated heterocycles. The van der Waals surface area contributed by atoms with Crippen LogP contribution in [0.5, 0.6) is 0 Å². The maximum atomic E-state index is 4.41. The largest absolute Gasteiger partial charge is 0.312 e. The molecule has 3 nitrogen and oxygen atoms in total. The van der Waals surface area contributed by atoms with Crippen molar-refractivity contribution in [1.82, 2.24) is 14.8 Å². The predicted molar refractivity (Wildman–Crippen MR) is 79.2 cm³/mol. The minimum absolute atomic E-state index is 0.0830. The molecule has 0 bridgehead atoms. The summed E-state index contributed by atoms with van der Waals surface area (Å²) in [5, 5.41) is 8.55. The van der Waals surface area contributed by atoms with Gasteiger partial charge in [-0.3, -0.25) is 0 Å². The Morgan fingerprint density at radius 1 is 1.00 bits per heavy atom. The molecule has 3 heteroatoms. The second kappa shape index (κ2) is 4.92. The molecule has 0 unspecified atom stereocenters. The Kier molecular flexibility index (Phi) is 3.76. The lowest BCUT2D eigenvalue weighted by atomic mass is 9.69. The third-order valence-corrected chi connectivity index (χ3v) is 4.61. The molecule has 1 fully saturated rings. The van der Waals surface area contributed by atoms with Crippen molar-refractivity contribution >= 4 is 0 Å². The molecule has 108 valence electrons. The maximum absolute atomic E-state index is 4.41. The Morgan fingerprint density at radius 2 is 1.58 bits per heavy atom. The number of rotatable bonds is 1. The summed E-state index contributed by atoms with van der Waals surface area (Å²) >= 11 is 0. The van der Waals surface area contributed by atoms with Crippen LogP contribution >= 0.6 is 0 Å². The van der Waals surface area contributed by atoms with Gasteiger partial charge in [-0.2, -0.15) is 0 Å². The van der Waals surface area contributed by atoms with E-state index in [1.54, 1.807) is 0 Å². The fourth-order valence-corrected chi connectivity index (χ4v) is 3.26. The summed E-state index contributed by atoms with van der Waals surface area (Å²) in [4.78, 5) is 0. The van der Waals surface area contributed by atoms with Gasteiger partial charge in [0.1, 0.15) is 12.2 Å². The monoisotopic (exact) mass is 263 g/mol. The maximum Gasteiger partial charge on any atom is 0.136 e. The summed E-state index contributed by atoms with van der Waals surface area (Å²) in [6.45, 7) is 13.8. The van der Waals surface area contributed by atoms with Gasteiger partial charge in [0.05, 0.1) is 0 Å². The molecular weight excluding hydrogens is 234 g/mol. The molecular formula is C16H29N3. The Morgan fingerprint density at radius 3 is 2.05 bits per heavy atom. The minimum atomic E-state index is 0.0830. The highest BCUT2D eigenvalue weighted by atomic mass is 15.3. The van der Waals surface area contributed by atoms with E-state index in [4.69, 9.17) is 0 Å². The second-order valence-corrected chi connectivity index (χ2v) is 8.14. The summed E-state index contributed by atoms with van der Waals surface area (Å²) in [5.41, 5.74) is 0.530. The molecule has 0 spiro atoms. The van der Waals surface area contributed by atoms with Crippen LogP contribution in [-0.4, -0.2) is 14.8 Å². The normalized spacial score (nSPS) is 25.6. The smallest absolute Gasteiger partial charge is 0.136 e.